The van der Waals surface area contributed by atoms with Crippen LogP contribution < -0.4 is 11.1 Å². The highest BCUT2D eigenvalue weighted by atomic mass is 35.5. The fraction of sp³-hybridized carbons (Fsp3) is 0.364. The van der Waals surface area contributed by atoms with Gasteiger partial charge in [0.1, 0.15) is 0 Å². The van der Waals surface area contributed by atoms with Crippen LogP contribution in [0.1, 0.15) is 58.4 Å². The van der Waals surface area contributed by atoms with Crippen molar-refractivity contribution in [3.8, 4) is 0 Å². The Morgan fingerprint density at radius 3 is 2.39 bits per heavy atom. The Kier molecular flexibility index (Phi) is 6.70. The number of nitrogens with two attached hydrogens (primary N) is 1. The Balaban J connectivity index is 1.68. The molecule has 3 N–H and O–H groups in total. The molecule has 0 bridgehead atoms. The van der Waals surface area contributed by atoms with E-state index in [9.17, 15) is 9.59 Å². The maximum Gasteiger partial charge on any atom is 0.255 e. The van der Waals surface area contributed by atoms with Gasteiger partial charge in [0.25, 0.3) is 11.8 Å². The second-order valence-corrected chi connectivity index (χ2v) is 7.66. The molecule has 0 spiro atoms. The molecule has 0 atom stereocenters. The quantitative estimate of drug-likeness (QED) is 0.779. The van der Waals surface area contributed by atoms with E-state index >= 15 is 0 Å². The summed E-state index contributed by atoms with van der Waals surface area (Å²) in [6.07, 6.45) is 5.64. The predicted molar refractivity (Wildman–Crippen MR) is 113 cm³/mol. The number of hydrogen-bond donors (Lipinski definition) is 2. The molecule has 2 aromatic rings. The van der Waals surface area contributed by atoms with Crippen molar-refractivity contribution in [2.45, 2.75) is 44.7 Å². The number of rotatable bonds is 5. The monoisotopic (exact) mass is 399 g/mol. The lowest BCUT2D eigenvalue weighted by Crippen LogP contribution is -2.38. The highest BCUT2D eigenvalue weighted by molar-refractivity contribution is 6.34. The van der Waals surface area contributed by atoms with Crippen LogP contribution in [0.15, 0.2) is 42.5 Å². The Morgan fingerprint density at radius 1 is 1.11 bits per heavy atom. The van der Waals surface area contributed by atoms with Crippen LogP contribution in [-0.2, 0) is 6.54 Å². The molecular weight excluding hydrogens is 374 g/mol. The third-order valence-corrected chi connectivity index (χ3v) is 5.66. The highest BCUT2D eigenvalue weighted by Crippen LogP contribution is 2.26. The molecule has 2 amide bonds. The van der Waals surface area contributed by atoms with E-state index in [1.807, 2.05) is 19.2 Å². The first-order valence-corrected chi connectivity index (χ1v) is 10.0. The van der Waals surface area contributed by atoms with E-state index in [0.29, 0.717) is 28.4 Å². The van der Waals surface area contributed by atoms with E-state index < -0.39 is 0 Å². The zero-order valence-electron chi connectivity index (χ0n) is 16.1. The highest BCUT2D eigenvalue weighted by Gasteiger charge is 2.24. The second-order valence-electron chi connectivity index (χ2n) is 7.26. The first kappa shape index (κ1) is 20.4. The Hall–Kier alpha value is -2.37. The minimum Gasteiger partial charge on any atom is -0.339 e. The number of halogens is 1. The fourth-order valence-electron chi connectivity index (χ4n) is 3.59. The van der Waals surface area contributed by atoms with Crippen molar-refractivity contribution in [2.75, 3.05) is 12.4 Å². The summed E-state index contributed by atoms with van der Waals surface area (Å²) >= 11 is 6.36. The molecular formula is C22H26ClN3O2. The molecule has 6 heteroatoms. The zero-order valence-corrected chi connectivity index (χ0v) is 16.8. The molecule has 0 aliphatic heterocycles. The van der Waals surface area contributed by atoms with Gasteiger partial charge in [-0.3, -0.25) is 9.59 Å². The van der Waals surface area contributed by atoms with Crippen molar-refractivity contribution in [1.82, 2.24) is 4.90 Å². The number of anilines is 1. The van der Waals surface area contributed by atoms with Crippen LogP contribution in [0.25, 0.3) is 0 Å². The van der Waals surface area contributed by atoms with Gasteiger partial charge >= 0.3 is 0 Å². The predicted octanol–water partition coefficient (Wildman–Crippen LogP) is 4.46. The van der Waals surface area contributed by atoms with Gasteiger partial charge in [0.2, 0.25) is 0 Å². The Labute approximate surface area is 170 Å². The maximum absolute atomic E-state index is 12.8. The first-order valence-electron chi connectivity index (χ1n) is 9.66. The van der Waals surface area contributed by atoms with E-state index in [-0.39, 0.29) is 17.9 Å². The first-order chi connectivity index (χ1) is 13.5. The molecule has 2 aromatic carbocycles. The smallest absolute Gasteiger partial charge is 0.255 e. The molecule has 1 saturated carbocycles. The number of benzene rings is 2. The molecule has 1 aliphatic carbocycles. The van der Waals surface area contributed by atoms with Crippen LogP contribution in [0, 0.1) is 0 Å². The van der Waals surface area contributed by atoms with Gasteiger partial charge in [0.15, 0.2) is 0 Å². The summed E-state index contributed by atoms with van der Waals surface area (Å²) in [6.45, 7) is 0.433. The summed E-state index contributed by atoms with van der Waals surface area (Å²) in [5.74, 6) is -0.315. The normalized spacial score (nSPS) is 14.5. The van der Waals surface area contributed by atoms with E-state index in [4.69, 9.17) is 17.3 Å². The van der Waals surface area contributed by atoms with Gasteiger partial charge in [0, 0.05) is 30.9 Å². The number of carbonyl (C=O) groups is 2. The summed E-state index contributed by atoms with van der Waals surface area (Å²) in [6, 6.07) is 12.4. The molecule has 3 rings (SSSR count). The number of nitrogens with one attached hydrogen (secondary N) is 1. The van der Waals surface area contributed by atoms with Gasteiger partial charge in [-0.2, -0.15) is 0 Å². The molecule has 0 aromatic heterocycles. The van der Waals surface area contributed by atoms with Crippen molar-refractivity contribution < 1.29 is 9.59 Å². The topological polar surface area (TPSA) is 75.4 Å². The van der Waals surface area contributed by atoms with E-state index in [0.717, 1.165) is 31.2 Å². The number of nitrogens with zero attached hydrogens (tertiary/aromatic N) is 1. The van der Waals surface area contributed by atoms with Crippen LogP contribution in [0.2, 0.25) is 5.02 Å². The molecule has 1 aliphatic rings. The third-order valence-electron chi connectivity index (χ3n) is 5.35. The third kappa shape index (κ3) is 4.72. The van der Waals surface area contributed by atoms with Crippen LogP contribution in [0.4, 0.5) is 5.69 Å². The van der Waals surface area contributed by atoms with Crippen molar-refractivity contribution in [3.05, 3.63) is 64.2 Å². The van der Waals surface area contributed by atoms with Gasteiger partial charge in [-0.05, 0) is 48.7 Å². The minimum absolute atomic E-state index is 0.0767. The van der Waals surface area contributed by atoms with Gasteiger partial charge in [0.05, 0.1) is 10.6 Å². The van der Waals surface area contributed by atoms with Crippen LogP contribution in [0.3, 0.4) is 0 Å². The van der Waals surface area contributed by atoms with Crippen molar-refractivity contribution >= 4 is 29.1 Å². The van der Waals surface area contributed by atoms with E-state index in [2.05, 4.69) is 5.32 Å². The average Bonchev–Trinajstić information content (AvgIpc) is 2.73. The van der Waals surface area contributed by atoms with Crippen LogP contribution in [-0.4, -0.2) is 29.8 Å². The van der Waals surface area contributed by atoms with Gasteiger partial charge < -0.3 is 16.0 Å². The largest absolute Gasteiger partial charge is 0.339 e. The summed E-state index contributed by atoms with van der Waals surface area (Å²) < 4.78 is 0. The lowest BCUT2D eigenvalue weighted by Gasteiger charge is -2.31. The molecule has 0 radical (unpaired) electrons. The van der Waals surface area contributed by atoms with E-state index in [1.54, 1.807) is 35.2 Å². The molecule has 1 fully saturated rings. The van der Waals surface area contributed by atoms with Crippen molar-refractivity contribution in [2.24, 2.45) is 5.73 Å². The van der Waals surface area contributed by atoms with Gasteiger partial charge in [-0.1, -0.05) is 43.0 Å². The lowest BCUT2D eigenvalue weighted by molar-refractivity contribution is 0.0696. The molecule has 0 heterocycles. The molecule has 0 saturated heterocycles. The van der Waals surface area contributed by atoms with Crippen molar-refractivity contribution in [3.63, 3.8) is 0 Å². The Morgan fingerprint density at radius 2 is 1.79 bits per heavy atom. The lowest BCUT2D eigenvalue weighted by atomic mass is 9.94. The second kappa shape index (κ2) is 9.22. The SMILES string of the molecule is CN(C(=O)c1ccc(NC(=O)c2ccc(CN)cc2)cc1Cl)C1CCCCC1. The molecule has 5 nitrogen and oxygen atoms in total. The maximum atomic E-state index is 12.8. The molecule has 28 heavy (non-hydrogen) atoms. The minimum atomic E-state index is -0.238. The number of amides is 2. The summed E-state index contributed by atoms with van der Waals surface area (Å²) in [4.78, 5) is 27.0. The fourth-order valence-corrected chi connectivity index (χ4v) is 3.85. The molecule has 0 unspecified atom stereocenters. The number of carbonyl (C=O) groups excluding carboxylic acids is 2. The standard InChI is InChI=1S/C22H26ClN3O2/c1-26(18-5-3-2-4-6-18)22(28)19-12-11-17(13-20(19)23)25-21(27)16-9-7-15(14-24)8-10-16/h7-13,18H,2-6,14,24H2,1H3,(H,25,27). The molecule has 148 valence electrons. The van der Waals surface area contributed by atoms with Gasteiger partial charge in [-0.25, -0.2) is 0 Å². The van der Waals surface area contributed by atoms with Gasteiger partial charge in [-0.15, -0.1) is 0 Å². The average molecular weight is 400 g/mol. The van der Waals surface area contributed by atoms with Crippen LogP contribution in [0.5, 0.6) is 0 Å². The summed E-state index contributed by atoms with van der Waals surface area (Å²) in [5, 5.41) is 3.15. The van der Waals surface area contributed by atoms with E-state index in [1.165, 1.54) is 6.42 Å². The summed E-state index contributed by atoms with van der Waals surface area (Å²) in [7, 11) is 1.84. The van der Waals surface area contributed by atoms with Crippen LogP contribution >= 0.6 is 11.6 Å². The Bertz CT molecular complexity index is 845. The number of hydrogen-bond acceptors (Lipinski definition) is 3. The summed E-state index contributed by atoms with van der Waals surface area (Å²) in [5.41, 5.74) is 8.08. The van der Waals surface area contributed by atoms with Crippen molar-refractivity contribution in [1.29, 1.82) is 0 Å². The zero-order chi connectivity index (χ0) is 20.1.